The number of amidine groups is 1. The molecule has 2 aliphatic heterocycles. The number of esters is 1. The molecule has 9 heteroatoms. The highest BCUT2D eigenvalue weighted by atomic mass is 16.5. The van der Waals surface area contributed by atoms with Crippen LogP contribution in [0.4, 0.5) is 4.79 Å². The Morgan fingerprint density at radius 2 is 1.85 bits per heavy atom. The molecule has 2 heterocycles. The molecule has 0 radical (unpaired) electrons. The molecule has 0 saturated carbocycles. The maximum absolute atomic E-state index is 13.2. The summed E-state index contributed by atoms with van der Waals surface area (Å²) in [6, 6.07) is 15.9. The lowest BCUT2D eigenvalue weighted by Crippen LogP contribution is -2.43. The quantitative estimate of drug-likeness (QED) is 0.246. The van der Waals surface area contributed by atoms with Gasteiger partial charge in [-0.3, -0.25) is 15.0 Å². The summed E-state index contributed by atoms with van der Waals surface area (Å²) in [6.45, 7) is 2.29. The Bertz CT molecular complexity index is 1190. The van der Waals surface area contributed by atoms with Crippen LogP contribution in [0, 0.1) is 11.3 Å². The first-order valence-corrected chi connectivity index (χ1v) is 13.8. The highest BCUT2D eigenvalue weighted by Gasteiger charge is 2.40. The number of aryl methyl sites for hydroxylation is 1. The van der Waals surface area contributed by atoms with E-state index < -0.39 is 0 Å². The molecule has 1 fully saturated rings. The number of nitrogens with zero attached hydrogens (tertiary/aromatic N) is 2. The molecule has 0 unspecified atom stereocenters. The Morgan fingerprint density at radius 1 is 1.10 bits per heavy atom. The van der Waals surface area contributed by atoms with Gasteiger partial charge in [-0.15, -0.1) is 0 Å². The van der Waals surface area contributed by atoms with E-state index in [1.54, 1.807) is 0 Å². The number of carbonyl (C=O) groups is 3. The second kappa shape index (κ2) is 13.3. The number of ether oxygens (including phenoxy) is 1. The monoisotopic (exact) mass is 533 g/mol. The molecule has 4 rings (SSSR count). The predicted octanol–water partition coefficient (Wildman–Crippen LogP) is 2.88. The number of carbonyl (C=O) groups excluding carboxylic acids is 3. The van der Waals surface area contributed by atoms with Gasteiger partial charge in [0, 0.05) is 37.8 Å². The molecule has 2 aromatic carbocycles. The Labute approximate surface area is 230 Å². The molecule has 0 spiro atoms. The molecule has 3 amide bonds. The number of likely N-dealkylation sites (tertiary alicyclic amines) is 1. The first-order valence-electron chi connectivity index (χ1n) is 13.8. The molecule has 208 valence electrons. The maximum atomic E-state index is 13.2. The summed E-state index contributed by atoms with van der Waals surface area (Å²) >= 11 is 0. The normalized spacial score (nSPS) is 18.8. The second-order valence-corrected chi connectivity index (χ2v) is 10.4. The Kier molecular flexibility index (Phi) is 9.57. The number of urea groups is 1. The van der Waals surface area contributed by atoms with Gasteiger partial charge < -0.3 is 25.6 Å². The third kappa shape index (κ3) is 7.37. The highest BCUT2D eigenvalue weighted by Crippen LogP contribution is 2.30. The number of amides is 3. The zero-order valence-electron chi connectivity index (χ0n) is 22.7. The summed E-state index contributed by atoms with van der Waals surface area (Å²) in [4.78, 5) is 41.8. The van der Waals surface area contributed by atoms with Gasteiger partial charge in [-0.1, -0.05) is 42.5 Å². The van der Waals surface area contributed by atoms with Gasteiger partial charge in [0.05, 0.1) is 19.4 Å². The van der Waals surface area contributed by atoms with E-state index in [1.807, 2.05) is 46.2 Å². The van der Waals surface area contributed by atoms with Crippen LogP contribution in [-0.4, -0.2) is 72.9 Å². The van der Waals surface area contributed by atoms with Crippen molar-refractivity contribution in [2.75, 3.05) is 33.3 Å². The molecular weight excluding hydrogens is 494 g/mol. The number of hydrogen-bond acceptors (Lipinski definition) is 5. The van der Waals surface area contributed by atoms with Crippen LogP contribution in [0.25, 0.3) is 0 Å². The minimum absolute atomic E-state index is 0.000000875. The molecule has 0 aliphatic carbocycles. The minimum Gasteiger partial charge on any atom is -0.469 e. The smallest absolute Gasteiger partial charge is 0.317 e. The number of benzene rings is 2. The molecular formula is C30H39N5O4. The van der Waals surface area contributed by atoms with Crippen molar-refractivity contribution in [3.8, 4) is 0 Å². The fraction of sp³-hybridized carbons (Fsp3) is 0.467. The van der Waals surface area contributed by atoms with Crippen molar-refractivity contribution >= 4 is 23.7 Å². The number of methoxy groups -OCH3 is 1. The molecule has 4 N–H and O–H groups in total. The summed E-state index contributed by atoms with van der Waals surface area (Å²) in [6.07, 6.45) is 4.49. The molecule has 39 heavy (non-hydrogen) atoms. The highest BCUT2D eigenvalue weighted by molar-refractivity contribution is 5.95. The van der Waals surface area contributed by atoms with E-state index in [-0.39, 0.29) is 42.1 Å². The van der Waals surface area contributed by atoms with Gasteiger partial charge in [0.1, 0.15) is 5.84 Å². The largest absolute Gasteiger partial charge is 0.469 e. The van der Waals surface area contributed by atoms with Crippen molar-refractivity contribution in [2.24, 2.45) is 11.7 Å². The van der Waals surface area contributed by atoms with Crippen molar-refractivity contribution in [1.29, 1.82) is 5.41 Å². The first kappa shape index (κ1) is 28.1. The lowest BCUT2D eigenvalue weighted by atomic mass is 10.00. The Morgan fingerprint density at radius 3 is 2.56 bits per heavy atom. The van der Waals surface area contributed by atoms with Gasteiger partial charge in [-0.2, -0.15) is 0 Å². The van der Waals surface area contributed by atoms with Crippen molar-refractivity contribution < 1.29 is 19.1 Å². The third-order valence-electron chi connectivity index (χ3n) is 7.84. The summed E-state index contributed by atoms with van der Waals surface area (Å²) < 4.78 is 4.81. The topological polar surface area (TPSA) is 129 Å². The molecule has 2 aliphatic rings. The van der Waals surface area contributed by atoms with Gasteiger partial charge in [0.15, 0.2) is 0 Å². The van der Waals surface area contributed by atoms with E-state index in [0.29, 0.717) is 51.0 Å². The number of hydrogen-bond donors (Lipinski definition) is 3. The SMILES string of the molecule is COC(=O)C[C@@H]1C[C@@H](CCNC(=O)N2CCc3ccc(C(=N)N)cc3CC2)N(CCCc2ccccc2)C1=O. The standard InChI is InChI=1S/C30H39N5O4/c1-39-27(36)20-25-19-26(35(29(25)37)15-5-8-21-6-3-2-4-7-21)11-14-33-30(38)34-16-12-22-9-10-24(28(31)32)18-23(22)13-17-34/h2-4,6-7,9-10,18,25-26H,5,8,11-17,19-20H2,1H3,(H3,31,32)(H,33,38)/t25-,26+/m0/s1. The summed E-state index contributed by atoms with van der Waals surface area (Å²) in [7, 11) is 1.34. The van der Waals surface area contributed by atoms with E-state index in [0.717, 1.165) is 24.8 Å². The average Bonchev–Trinajstić information content (AvgIpc) is 3.09. The summed E-state index contributed by atoms with van der Waals surface area (Å²) in [5.74, 6) is -0.701. The van der Waals surface area contributed by atoms with Crippen molar-refractivity contribution in [3.63, 3.8) is 0 Å². The number of nitrogen functional groups attached to an aromatic ring is 1. The van der Waals surface area contributed by atoms with E-state index in [9.17, 15) is 14.4 Å². The lowest BCUT2D eigenvalue weighted by molar-refractivity contribution is -0.144. The van der Waals surface area contributed by atoms with Gasteiger partial charge >= 0.3 is 12.0 Å². The fourth-order valence-corrected chi connectivity index (χ4v) is 5.64. The van der Waals surface area contributed by atoms with Crippen LogP contribution in [0.15, 0.2) is 48.5 Å². The Balaban J connectivity index is 1.30. The van der Waals surface area contributed by atoms with Crippen LogP contribution in [0.3, 0.4) is 0 Å². The van der Waals surface area contributed by atoms with Crippen LogP contribution < -0.4 is 11.1 Å². The average molecular weight is 534 g/mol. The molecule has 1 saturated heterocycles. The number of nitrogens with two attached hydrogens (primary N) is 1. The van der Waals surface area contributed by atoms with Crippen LogP contribution >= 0.6 is 0 Å². The van der Waals surface area contributed by atoms with E-state index in [2.05, 4.69) is 17.4 Å². The summed E-state index contributed by atoms with van der Waals surface area (Å²) in [5, 5.41) is 10.7. The molecule has 0 aromatic heterocycles. The maximum Gasteiger partial charge on any atom is 0.317 e. The number of rotatable bonds is 10. The Hall–Kier alpha value is -3.88. The molecule has 2 atom stereocenters. The molecule has 9 nitrogen and oxygen atoms in total. The van der Waals surface area contributed by atoms with Gasteiger partial charge in [0.25, 0.3) is 0 Å². The van der Waals surface area contributed by atoms with Crippen LogP contribution in [0.1, 0.15) is 47.9 Å². The van der Waals surface area contributed by atoms with E-state index in [4.69, 9.17) is 15.9 Å². The van der Waals surface area contributed by atoms with Crippen molar-refractivity contribution in [2.45, 2.75) is 51.0 Å². The van der Waals surface area contributed by atoms with Crippen LogP contribution in [0.5, 0.6) is 0 Å². The number of nitrogens with one attached hydrogen (secondary N) is 2. The lowest BCUT2D eigenvalue weighted by Gasteiger charge is -2.26. The molecule has 0 bridgehead atoms. The summed E-state index contributed by atoms with van der Waals surface area (Å²) in [5.41, 5.74) is 9.89. The van der Waals surface area contributed by atoms with E-state index in [1.165, 1.54) is 18.2 Å². The van der Waals surface area contributed by atoms with Crippen LogP contribution in [0.2, 0.25) is 0 Å². The zero-order chi connectivity index (χ0) is 27.8. The minimum atomic E-state index is -0.376. The van der Waals surface area contributed by atoms with Crippen molar-refractivity contribution in [3.05, 3.63) is 70.8 Å². The predicted molar refractivity (Wildman–Crippen MR) is 149 cm³/mol. The first-order chi connectivity index (χ1) is 18.9. The zero-order valence-corrected chi connectivity index (χ0v) is 22.7. The fourth-order valence-electron chi connectivity index (χ4n) is 5.64. The van der Waals surface area contributed by atoms with Crippen LogP contribution in [-0.2, 0) is 33.6 Å². The van der Waals surface area contributed by atoms with Crippen molar-refractivity contribution in [1.82, 2.24) is 15.1 Å². The van der Waals surface area contributed by atoms with Gasteiger partial charge in [-0.05, 0) is 61.3 Å². The third-order valence-corrected chi connectivity index (χ3v) is 7.84. The van der Waals surface area contributed by atoms with Gasteiger partial charge in [0.2, 0.25) is 5.91 Å². The molecule has 2 aromatic rings. The number of fused-ring (bicyclic) bond motifs is 1. The second-order valence-electron chi connectivity index (χ2n) is 10.4. The van der Waals surface area contributed by atoms with Gasteiger partial charge in [-0.25, -0.2) is 4.79 Å². The van der Waals surface area contributed by atoms with E-state index >= 15 is 0 Å².